The van der Waals surface area contributed by atoms with Gasteiger partial charge in [0.25, 0.3) is 11.8 Å². The summed E-state index contributed by atoms with van der Waals surface area (Å²) in [4.78, 5) is 68.2. The second kappa shape index (κ2) is 14.6. The van der Waals surface area contributed by atoms with Gasteiger partial charge in [-0.3, -0.25) is 39.2 Å². The van der Waals surface area contributed by atoms with Crippen molar-refractivity contribution < 1.29 is 23.9 Å². The number of carbonyl (C=O) groups excluding carboxylic acids is 4. The number of anilines is 2. The monoisotopic (exact) mass is 794 g/mol. The van der Waals surface area contributed by atoms with E-state index in [1.165, 1.54) is 6.33 Å². The lowest BCUT2D eigenvalue weighted by atomic mass is 9.84. The summed E-state index contributed by atoms with van der Waals surface area (Å²) in [5.41, 5.74) is 10.6. The Labute approximate surface area is 341 Å². The molecule has 0 saturated carbocycles. The Kier molecular flexibility index (Phi) is 9.16. The lowest BCUT2D eigenvalue weighted by Crippen LogP contribution is -2.64. The maximum Gasteiger partial charge on any atom is 0.262 e. The minimum atomic E-state index is -0.968. The Morgan fingerprint density at radius 1 is 0.797 bits per heavy atom. The topological polar surface area (TPSA) is 172 Å². The quantitative estimate of drug-likeness (QED) is 0.209. The van der Waals surface area contributed by atoms with Gasteiger partial charge in [0.2, 0.25) is 11.8 Å². The number of benzene rings is 3. The Morgan fingerprint density at radius 3 is 2.24 bits per heavy atom. The number of fused-ring (bicyclic) bond motifs is 2. The highest BCUT2D eigenvalue weighted by atomic mass is 16.5. The summed E-state index contributed by atoms with van der Waals surface area (Å²) >= 11 is 0. The summed E-state index contributed by atoms with van der Waals surface area (Å²) in [6.07, 6.45) is 5.85. The van der Waals surface area contributed by atoms with Gasteiger partial charge in [0.1, 0.15) is 35.4 Å². The predicted octanol–water partition coefficient (Wildman–Crippen LogP) is 4.65. The molecule has 302 valence electrons. The van der Waals surface area contributed by atoms with Crippen LogP contribution in [0.1, 0.15) is 72.2 Å². The maximum atomic E-state index is 13.4. The molecule has 3 N–H and O–H groups in total. The number of carbonyl (C=O) groups is 4. The highest BCUT2D eigenvalue weighted by molar-refractivity contribution is 6.23. The van der Waals surface area contributed by atoms with Crippen LogP contribution in [0.25, 0.3) is 22.3 Å². The highest BCUT2D eigenvalue weighted by Crippen LogP contribution is 2.39. The molecule has 4 fully saturated rings. The molecule has 0 radical (unpaired) electrons. The Bertz CT molecular complexity index is 2470. The van der Waals surface area contributed by atoms with Crippen molar-refractivity contribution in [1.82, 2.24) is 39.8 Å². The van der Waals surface area contributed by atoms with Gasteiger partial charge in [-0.15, -0.1) is 0 Å². The van der Waals surface area contributed by atoms with Crippen LogP contribution < -0.4 is 20.7 Å². The van der Waals surface area contributed by atoms with Gasteiger partial charge in [0, 0.05) is 68.5 Å². The first-order valence-corrected chi connectivity index (χ1v) is 20.6. The van der Waals surface area contributed by atoms with Crippen molar-refractivity contribution in [2.75, 3.05) is 49.9 Å². The number of nitrogens with one attached hydrogen (secondary N) is 1. The van der Waals surface area contributed by atoms with E-state index in [2.05, 4.69) is 41.6 Å². The second-order valence-electron chi connectivity index (χ2n) is 16.7. The molecule has 15 nitrogen and oxygen atoms in total. The number of aromatic nitrogens is 4. The molecule has 2 aromatic heterocycles. The molecule has 10 rings (SSSR count). The molecule has 0 aliphatic carbocycles. The first kappa shape index (κ1) is 37.1. The number of para-hydroxylation sites is 1. The van der Waals surface area contributed by atoms with Crippen molar-refractivity contribution in [3.63, 3.8) is 0 Å². The zero-order valence-electron chi connectivity index (χ0n) is 32.9. The number of piperidine rings is 3. The lowest BCUT2D eigenvalue weighted by Gasteiger charge is -2.53. The molecule has 5 aromatic rings. The molecule has 4 amide bonds. The molecule has 3 aromatic carbocycles. The van der Waals surface area contributed by atoms with E-state index in [-0.39, 0.29) is 30.3 Å². The molecule has 0 bridgehead atoms. The van der Waals surface area contributed by atoms with Gasteiger partial charge in [-0.25, -0.2) is 14.6 Å². The molecule has 1 unspecified atom stereocenters. The van der Waals surface area contributed by atoms with Crippen LogP contribution >= 0.6 is 0 Å². The van der Waals surface area contributed by atoms with Crippen LogP contribution in [0, 0.1) is 0 Å². The fourth-order valence-corrected chi connectivity index (χ4v) is 9.65. The van der Waals surface area contributed by atoms with Gasteiger partial charge in [-0.2, -0.15) is 5.10 Å². The number of hydrogen-bond donors (Lipinski definition) is 2. The molecule has 59 heavy (non-hydrogen) atoms. The molecule has 0 spiro atoms. The van der Waals surface area contributed by atoms with E-state index in [0.717, 1.165) is 109 Å². The SMILES string of the molecule is CC1(N2CCC(n3nc(-c4ccc(Oc5ccccc5)cc4)c4c(N)ncnc43)CC2)CCN(C2CN(c3ccc4c(c3)C(=O)N(C3CCC(=O)NC3=O)C4=O)C2)CC1. The van der Waals surface area contributed by atoms with Crippen molar-refractivity contribution in [3.8, 4) is 22.8 Å². The van der Waals surface area contributed by atoms with Crippen LogP contribution in [0.4, 0.5) is 11.5 Å². The van der Waals surface area contributed by atoms with Gasteiger partial charge in [0.15, 0.2) is 5.65 Å². The normalized spacial score (nSPS) is 21.8. The van der Waals surface area contributed by atoms with Crippen LogP contribution in [0.5, 0.6) is 11.5 Å². The van der Waals surface area contributed by atoms with Crippen LogP contribution in [-0.4, -0.2) is 115 Å². The minimum Gasteiger partial charge on any atom is -0.457 e. The summed E-state index contributed by atoms with van der Waals surface area (Å²) in [6.45, 7) is 8.10. The standard InChI is InChI=1S/C44H46N10O5/c1-44(17-21-50(22-18-44)30-24-51(25-30)29-9-12-33-34(23-29)43(58)53(42(33)57)35-13-14-36(55)48-41(35)56)52-19-15-28(16-20-52)54-40-37(39(45)46-26-47-40)38(49-54)27-7-10-32(11-8-27)59-31-5-3-2-4-6-31/h2-12,23,26,28,30,35H,13-22,24-25H2,1H3,(H2,45,46,47)(H,48,55,56). The summed E-state index contributed by atoms with van der Waals surface area (Å²) in [5, 5.41) is 8.17. The Balaban J connectivity index is 0.746. The smallest absolute Gasteiger partial charge is 0.262 e. The molecule has 5 aliphatic rings. The summed E-state index contributed by atoms with van der Waals surface area (Å²) in [6, 6.07) is 22.6. The van der Waals surface area contributed by atoms with Gasteiger partial charge in [-0.05, 0) is 93.6 Å². The van der Waals surface area contributed by atoms with Gasteiger partial charge < -0.3 is 15.4 Å². The van der Waals surface area contributed by atoms with Crippen molar-refractivity contribution in [1.29, 1.82) is 0 Å². The van der Waals surface area contributed by atoms with E-state index >= 15 is 0 Å². The molecule has 5 aliphatic heterocycles. The average molecular weight is 795 g/mol. The number of rotatable bonds is 8. The third kappa shape index (κ3) is 6.58. The van der Waals surface area contributed by atoms with E-state index in [9.17, 15) is 19.2 Å². The Hall–Kier alpha value is -6.19. The van der Waals surface area contributed by atoms with E-state index < -0.39 is 23.8 Å². The highest BCUT2D eigenvalue weighted by Gasteiger charge is 2.46. The van der Waals surface area contributed by atoms with Crippen LogP contribution in [0.15, 0.2) is 79.1 Å². The van der Waals surface area contributed by atoms with Crippen molar-refractivity contribution >= 4 is 46.2 Å². The van der Waals surface area contributed by atoms with Crippen molar-refractivity contribution in [3.05, 3.63) is 90.3 Å². The number of imide groups is 2. The van der Waals surface area contributed by atoms with Crippen LogP contribution in [0.2, 0.25) is 0 Å². The molecule has 4 saturated heterocycles. The molecule has 15 heteroatoms. The summed E-state index contributed by atoms with van der Waals surface area (Å²) in [5.74, 6) is -0.00461. The van der Waals surface area contributed by atoms with E-state index in [1.807, 2.05) is 60.7 Å². The predicted molar refractivity (Wildman–Crippen MR) is 220 cm³/mol. The number of ether oxygens (including phenoxy) is 1. The zero-order valence-corrected chi connectivity index (χ0v) is 32.9. The number of likely N-dealkylation sites (tertiary alicyclic amines) is 2. The van der Waals surface area contributed by atoms with Gasteiger partial charge in [-0.1, -0.05) is 18.2 Å². The fraction of sp³-hybridized carbons (Fsp3) is 0.386. The maximum absolute atomic E-state index is 13.4. The number of amides is 4. The number of nitrogens with zero attached hydrogens (tertiary/aromatic N) is 8. The van der Waals surface area contributed by atoms with Crippen molar-refractivity contribution in [2.45, 2.75) is 69.1 Å². The minimum absolute atomic E-state index is 0.0967. The molecule has 1 atom stereocenters. The third-order valence-electron chi connectivity index (χ3n) is 13.2. The van der Waals surface area contributed by atoms with Crippen LogP contribution in [-0.2, 0) is 9.59 Å². The van der Waals surface area contributed by atoms with Crippen LogP contribution in [0.3, 0.4) is 0 Å². The number of nitrogens with two attached hydrogens (primary N) is 1. The van der Waals surface area contributed by atoms with Gasteiger partial charge in [0.05, 0.1) is 22.6 Å². The largest absolute Gasteiger partial charge is 0.457 e. The van der Waals surface area contributed by atoms with Crippen molar-refractivity contribution in [2.24, 2.45) is 0 Å². The molecule has 7 heterocycles. The first-order valence-electron chi connectivity index (χ1n) is 20.6. The fourth-order valence-electron chi connectivity index (χ4n) is 9.65. The summed E-state index contributed by atoms with van der Waals surface area (Å²) in [7, 11) is 0. The summed E-state index contributed by atoms with van der Waals surface area (Å²) < 4.78 is 8.09. The van der Waals surface area contributed by atoms with E-state index in [0.29, 0.717) is 23.0 Å². The second-order valence-corrected chi connectivity index (χ2v) is 16.7. The molecular formula is C44H46N10O5. The van der Waals surface area contributed by atoms with E-state index in [1.54, 1.807) is 12.1 Å². The Morgan fingerprint density at radius 2 is 1.51 bits per heavy atom. The number of hydrogen-bond acceptors (Lipinski definition) is 12. The molecular weight excluding hydrogens is 749 g/mol. The first-order chi connectivity index (χ1) is 28.6. The third-order valence-corrected chi connectivity index (χ3v) is 13.2. The average Bonchev–Trinajstić information content (AvgIpc) is 3.74. The lowest BCUT2D eigenvalue weighted by molar-refractivity contribution is -0.136. The van der Waals surface area contributed by atoms with Gasteiger partial charge >= 0.3 is 0 Å². The number of nitrogen functional groups attached to an aromatic ring is 1. The zero-order chi connectivity index (χ0) is 40.4. The van der Waals surface area contributed by atoms with E-state index in [4.69, 9.17) is 15.6 Å².